The zero-order chi connectivity index (χ0) is 14.2. The third kappa shape index (κ3) is 3.81. The fraction of sp³-hybridized carbons (Fsp3) is 1.00. The SMILES string of the molecule is C[Si]1(C)CSC[Si](C)(C)[Si](C)(C)CSC[Si]1(C)C. The molecule has 0 N–H and O–H groups in total. The van der Waals surface area contributed by atoms with Crippen LogP contribution in [-0.2, 0) is 0 Å². The topological polar surface area (TPSA) is 0 Å². The molecule has 1 aliphatic heterocycles. The van der Waals surface area contributed by atoms with Gasteiger partial charge in [0, 0.05) is 0 Å². The lowest BCUT2D eigenvalue weighted by Gasteiger charge is -2.44. The fourth-order valence-electron chi connectivity index (χ4n) is 1.90. The average molecular weight is 353 g/mol. The van der Waals surface area contributed by atoms with Gasteiger partial charge in [-0.15, -0.1) is 0 Å². The van der Waals surface area contributed by atoms with Gasteiger partial charge in [-0.2, -0.15) is 23.5 Å². The molecule has 0 unspecified atom stereocenters. The van der Waals surface area contributed by atoms with Crippen LogP contribution in [0.1, 0.15) is 0 Å². The molecule has 0 spiro atoms. The van der Waals surface area contributed by atoms with Crippen molar-refractivity contribution >= 4 is 53.9 Å². The maximum absolute atomic E-state index is 2.67. The minimum Gasteiger partial charge on any atom is -0.169 e. The minimum atomic E-state index is -0.945. The van der Waals surface area contributed by atoms with Crippen LogP contribution in [0.3, 0.4) is 0 Å². The molecule has 1 heterocycles. The summed E-state index contributed by atoms with van der Waals surface area (Å²) in [7, 11) is -3.78. The predicted molar refractivity (Wildman–Crippen MR) is 105 cm³/mol. The Hall–Kier alpha value is 1.57. The molecule has 18 heavy (non-hydrogen) atoms. The van der Waals surface area contributed by atoms with Crippen LogP contribution in [0.15, 0.2) is 0 Å². The first-order chi connectivity index (χ1) is 7.91. The van der Waals surface area contributed by atoms with Crippen LogP contribution in [-0.4, -0.2) is 51.9 Å². The molecule has 0 amide bonds. The van der Waals surface area contributed by atoms with E-state index in [-0.39, 0.29) is 0 Å². The molecule has 1 aliphatic rings. The lowest BCUT2D eigenvalue weighted by Crippen LogP contribution is -2.63. The van der Waals surface area contributed by atoms with E-state index in [1.165, 1.54) is 21.5 Å². The molecule has 0 aromatic carbocycles. The van der Waals surface area contributed by atoms with Gasteiger partial charge >= 0.3 is 0 Å². The van der Waals surface area contributed by atoms with Gasteiger partial charge in [-0.3, -0.25) is 0 Å². The Kier molecular flexibility index (Phi) is 5.63. The average Bonchev–Trinajstić information content (AvgIpc) is 2.14. The van der Waals surface area contributed by atoms with Crippen molar-refractivity contribution in [2.45, 2.75) is 52.4 Å². The molecule has 0 aromatic rings. The number of hydrogen-bond donors (Lipinski definition) is 0. The smallest absolute Gasteiger partial charge is 0.0529 e. The number of thioether (sulfide) groups is 2. The maximum atomic E-state index is 2.67. The van der Waals surface area contributed by atoms with E-state index >= 15 is 0 Å². The molecule has 108 valence electrons. The Morgan fingerprint density at radius 2 is 0.611 bits per heavy atom. The highest BCUT2D eigenvalue weighted by Gasteiger charge is 2.45. The van der Waals surface area contributed by atoms with Crippen LogP contribution in [0, 0.1) is 0 Å². The molecule has 0 nitrogen and oxygen atoms in total. The predicted octanol–water partition coefficient (Wildman–Crippen LogP) is 4.61. The summed E-state index contributed by atoms with van der Waals surface area (Å²) in [5.74, 6) is 0. The molecule has 0 atom stereocenters. The second-order valence-electron chi connectivity index (χ2n) is 8.52. The second-order valence-corrected chi connectivity index (χ2v) is 45.3. The van der Waals surface area contributed by atoms with E-state index in [9.17, 15) is 0 Å². The van der Waals surface area contributed by atoms with Crippen molar-refractivity contribution in [3.63, 3.8) is 0 Å². The quantitative estimate of drug-likeness (QED) is 0.584. The van der Waals surface area contributed by atoms with E-state index in [4.69, 9.17) is 0 Å². The summed E-state index contributed by atoms with van der Waals surface area (Å²) in [6.07, 6.45) is 0. The molecule has 0 aliphatic carbocycles. The molecule has 0 saturated carbocycles. The monoisotopic (exact) mass is 352 g/mol. The molecule has 6 heteroatoms. The van der Waals surface area contributed by atoms with Crippen molar-refractivity contribution in [3.05, 3.63) is 0 Å². The van der Waals surface area contributed by atoms with Crippen molar-refractivity contribution < 1.29 is 0 Å². The summed E-state index contributed by atoms with van der Waals surface area (Å²) in [5, 5.41) is 6.14. The highest BCUT2D eigenvalue weighted by Crippen LogP contribution is 2.33. The van der Waals surface area contributed by atoms with E-state index < -0.39 is 30.4 Å². The highest BCUT2D eigenvalue weighted by atomic mass is 32.2. The van der Waals surface area contributed by atoms with Gasteiger partial charge in [-0.25, -0.2) is 0 Å². The standard InChI is InChI=1S/C12H32S2Si4/c1-15(2)9-13-11-17(5,6)18(7,8)12-14-10-16(15,3)4/h9-12H2,1-8H3. The molecular formula is C12H32S2Si4. The van der Waals surface area contributed by atoms with Gasteiger partial charge < -0.3 is 0 Å². The van der Waals surface area contributed by atoms with E-state index in [1.807, 2.05) is 0 Å². The number of hydrogen-bond acceptors (Lipinski definition) is 2. The van der Waals surface area contributed by atoms with Crippen LogP contribution in [0.25, 0.3) is 0 Å². The van der Waals surface area contributed by atoms with Crippen LogP contribution >= 0.6 is 23.5 Å². The third-order valence-electron chi connectivity index (χ3n) is 5.52. The summed E-state index contributed by atoms with van der Waals surface area (Å²) in [4.78, 5) is 0. The van der Waals surface area contributed by atoms with Crippen molar-refractivity contribution in [1.82, 2.24) is 0 Å². The van der Waals surface area contributed by atoms with Gasteiger partial charge in [0.05, 0.1) is 30.4 Å². The number of rotatable bonds is 0. The zero-order valence-electron chi connectivity index (χ0n) is 13.6. The van der Waals surface area contributed by atoms with Gasteiger partial charge in [0.2, 0.25) is 0 Å². The van der Waals surface area contributed by atoms with E-state index in [1.54, 1.807) is 0 Å². The molecule has 1 saturated heterocycles. The molecule has 1 rings (SSSR count). The van der Waals surface area contributed by atoms with Crippen molar-refractivity contribution in [3.8, 4) is 0 Å². The van der Waals surface area contributed by atoms with Crippen LogP contribution in [0.2, 0.25) is 52.4 Å². The van der Waals surface area contributed by atoms with Crippen LogP contribution < -0.4 is 0 Å². The molecular weight excluding hydrogens is 321 g/mol. The highest BCUT2D eigenvalue weighted by molar-refractivity contribution is 8.07. The summed E-state index contributed by atoms with van der Waals surface area (Å²) in [6, 6.07) is 0. The van der Waals surface area contributed by atoms with Crippen molar-refractivity contribution in [2.24, 2.45) is 0 Å². The Balaban J connectivity index is 2.89. The lowest BCUT2D eigenvalue weighted by molar-refractivity contribution is 1.62. The van der Waals surface area contributed by atoms with Crippen molar-refractivity contribution in [1.29, 1.82) is 0 Å². The summed E-state index contributed by atoms with van der Waals surface area (Å²) < 4.78 is 0. The van der Waals surface area contributed by atoms with E-state index in [0.29, 0.717) is 0 Å². The second kappa shape index (κ2) is 5.75. The van der Waals surface area contributed by atoms with Crippen LogP contribution in [0.5, 0.6) is 0 Å². The Bertz CT molecular complexity index is 242. The Labute approximate surface area is 127 Å². The first-order valence-electron chi connectivity index (χ1n) is 7.07. The minimum absolute atomic E-state index is 0.945. The zero-order valence-corrected chi connectivity index (χ0v) is 19.3. The van der Waals surface area contributed by atoms with Crippen LogP contribution in [0.4, 0.5) is 0 Å². The maximum Gasteiger partial charge on any atom is 0.0529 e. The van der Waals surface area contributed by atoms with Crippen molar-refractivity contribution in [2.75, 3.05) is 21.5 Å². The third-order valence-corrected chi connectivity index (χ3v) is 54.8. The van der Waals surface area contributed by atoms with E-state index in [0.717, 1.165) is 0 Å². The molecule has 0 radical (unpaired) electrons. The van der Waals surface area contributed by atoms with Gasteiger partial charge in [-0.05, 0) is 21.5 Å². The summed E-state index contributed by atoms with van der Waals surface area (Å²) >= 11 is 4.71. The normalized spacial score (nSPS) is 30.7. The first kappa shape index (κ1) is 17.6. The Morgan fingerprint density at radius 1 is 0.444 bits per heavy atom. The van der Waals surface area contributed by atoms with E-state index in [2.05, 4.69) is 75.9 Å². The summed E-state index contributed by atoms with van der Waals surface area (Å²) in [5.41, 5.74) is 0. The molecule has 1 fully saturated rings. The van der Waals surface area contributed by atoms with Gasteiger partial charge in [0.25, 0.3) is 0 Å². The molecule has 0 bridgehead atoms. The Morgan fingerprint density at radius 3 is 0.778 bits per heavy atom. The van der Waals surface area contributed by atoms with Gasteiger partial charge in [-0.1, -0.05) is 52.4 Å². The summed E-state index contributed by atoms with van der Waals surface area (Å²) in [6.45, 7) is 21.4. The van der Waals surface area contributed by atoms with Gasteiger partial charge in [0.1, 0.15) is 0 Å². The molecule has 0 aromatic heterocycles. The lowest BCUT2D eigenvalue weighted by atomic mass is 11.8. The fourth-order valence-corrected chi connectivity index (χ4v) is 36.7. The largest absolute Gasteiger partial charge is 0.169 e. The first-order valence-corrected chi connectivity index (χ1v) is 24.2. The van der Waals surface area contributed by atoms with Gasteiger partial charge in [0.15, 0.2) is 0 Å².